The predicted octanol–water partition coefficient (Wildman–Crippen LogP) is 2.75. The van der Waals surface area contributed by atoms with Crippen LogP contribution in [-0.4, -0.2) is 70.3 Å². The topological polar surface area (TPSA) is 102 Å². The van der Waals surface area contributed by atoms with Crippen molar-refractivity contribution < 1.29 is 28.5 Å². The first kappa shape index (κ1) is 23.9. The van der Waals surface area contributed by atoms with E-state index in [4.69, 9.17) is 23.7 Å². The van der Waals surface area contributed by atoms with Gasteiger partial charge in [-0.05, 0) is 36.8 Å². The third-order valence-electron chi connectivity index (χ3n) is 8.30. The summed E-state index contributed by atoms with van der Waals surface area (Å²) >= 11 is 0. The molecule has 9 nitrogen and oxygen atoms in total. The zero-order valence-corrected chi connectivity index (χ0v) is 20.8. The molecule has 4 aliphatic heterocycles. The summed E-state index contributed by atoms with van der Waals surface area (Å²) in [4.78, 5) is 15.2. The number of nitrogens with zero attached hydrogens (tertiary/aromatic N) is 2. The van der Waals surface area contributed by atoms with Crippen molar-refractivity contribution in [2.24, 2.45) is 11.8 Å². The Hall–Kier alpha value is -2.80. The number of nitrogens with one attached hydrogen (secondary N) is 1. The molecule has 3 saturated heterocycles. The molecule has 9 heteroatoms. The van der Waals surface area contributed by atoms with Crippen LogP contribution in [0.2, 0.25) is 0 Å². The van der Waals surface area contributed by atoms with E-state index >= 15 is 0 Å². The minimum Gasteiger partial charge on any atom is -0.504 e. The molecule has 188 valence electrons. The van der Waals surface area contributed by atoms with E-state index in [0.717, 1.165) is 37.2 Å². The Balaban J connectivity index is 1.62. The Morgan fingerprint density at radius 3 is 2.80 bits per heavy atom. The predicted molar refractivity (Wildman–Crippen MR) is 127 cm³/mol. The van der Waals surface area contributed by atoms with Crippen LogP contribution in [0, 0.1) is 23.2 Å². The lowest BCUT2D eigenvalue weighted by atomic mass is 9.67. The van der Waals surface area contributed by atoms with Gasteiger partial charge < -0.3 is 29.0 Å². The van der Waals surface area contributed by atoms with E-state index in [1.807, 2.05) is 6.07 Å². The summed E-state index contributed by atoms with van der Waals surface area (Å²) in [6, 6.07) is 5.76. The van der Waals surface area contributed by atoms with Crippen molar-refractivity contribution in [2.75, 3.05) is 52.9 Å². The summed E-state index contributed by atoms with van der Waals surface area (Å²) in [5.41, 5.74) is 1.13. The fraction of sp³-hybridized carbons (Fsp3) is 0.615. The number of methoxy groups -OCH3 is 3. The highest BCUT2D eigenvalue weighted by molar-refractivity contribution is 5.88. The highest BCUT2D eigenvalue weighted by Gasteiger charge is 2.70. The number of fused-ring (bicyclic) bond motifs is 2. The van der Waals surface area contributed by atoms with Crippen LogP contribution in [-0.2, 0) is 29.3 Å². The average molecular weight is 484 g/mol. The normalized spacial score (nSPS) is 33.8. The Morgan fingerprint density at radius 2 is 2.11 bits per heavy atom. The number of esters is 1. The second-order valence-corrected chi connectivity index (χ2v) is 9.67. The third-order valence-corrected chi connectivity index (χ3v) is 8.30. The van der Waals surface area contributed by atoms with Crippen LogP contribution < -0.4 is 10.1 Å². The molecular formula is C26H33N3O6. The van der Waals surface area contributed by atoms with Gasteiger partial charge in [0.15, 0.2) is 5.72 Å². The van der Waals surface area contributed by atoms with Crippen molar-refractivity contribution in [3.63, 3.8) is 0 Å². The van der Waals surface area contributed by atoms with Gasteiger partial charge in [-0.15, -0.1) is 0 Å². The zero-order valence-electron chi connectivity index (χ0n) is 20.8. The fourth-order valence-electron chi connectivity index (χ4n) is 6.86. The molecule has 4 aliphatic rings. The Labute approximate surface area is 205 Å². The number of rotatable bonds is 5. The van der Waals surface area contributed by atoms with E-state index in [1.54, 1.807) is 20.3 Å². The number of hydrogen-bond donors (Lipinski definition) is 1. The van der Waals surface area contributed by atoms with Gasteiger partial charge in [0.25, 0.3) is 0 Å². The summed E-state index contributed by atoms with van der Waals surface area (Å²) in [5, 5.41) is 13.3. The lowest BCUT2D eigenvalue weighted by Crippen LogP contribution is -2.75. The summed E-state index contributed by atoms with van der Waals surface area (Å²) in [7, 11) is 4.57. The van der Waals surface area contributed by atoms with E-state index in [1.165, 1.54) is 13.4 Å². The van der Waals surface area contributed by atoms with Gasteiger partial charge in [0.1, 0.15) is 11.4 Å². The maximum absolute atomic E-state index is 12.8. The standard InChI is InChI=1S/C26H33N3O6/c1-5-17-14-29-7-6-25-23-20(10-16(13-27)11-21(23)32-3)28-26(25,35-9-8-34-25)22(29)12-18(17)19(15-31-2)24(30)33-4/h10-11,15,17-18,22,28H,5-9,12,14H2,1-4H3/b19-15+/t17-,18+,22+,25+,26+/m1/s1. The van der Waals surface area contributed by atoms with E-state index in [0.29, 0.717) is 36.5 Å². The maximum Gasteiger partial charge on any atom is 0.337 e. The monoisotopic (exact) mass is 483 g/mol. The van der Waals surface area contributed by atoms with E-state index < -0.39 is 11.3 Å². The molecule has 3 fully saturated rings. The molecule has 5 rings (SSSR count). The SMILES string of the molecule is CC[C@@H]1CN2CC[C@@]34OCCO[C@@]3(Nc3cc(C#N)cc(OC)c34)[C@@H]2C[C@@H]1/C(=C\OC)C(=O)OC. The van der Waals surface area contributed by atoms with Crippen LogP contribution in [0.5, 0.6) is 5.75 Å². The minimum absolute atomic E-state index is 0.0635. The first-order chi connectivity index (χ1) is 17.0. The molecule has 0 spiro atoms. The lowest BCUT2D eigenvalue weighted by Gasteiger charge is -2.61. The van der Waals surface area contributed by atoms with Crippen LogP contribution in [0.3, 0.4) is 0 Å². The molecule has 0 unspecified atom stereocenters. The highest BCUT2D eigenvalue weighted by atomic mass is 16.6. The molecule has 0 aliphatic carbocycles. The van der Waals surface area contributed by atoms with Gasteiger partial charge in [0.2, 0.25) is 0 Å². The molecule has 0 radical (unpaired) electrons. The molecule has 1 N–H and O–H groups in total. The minimum atomic E-state index is -0.877. The number of hydrogen-bond acceptors (Lipinski definition) is 9. The molecule has 0 saturated carbocycles. The van der Waals surface area contributed by atoms with E-state index in [-0.39, 0.29) is 23.8 Å². The van der Waals surface area contributed by atoms with Gasteiger partial charge >= 0.3 is 5.97 Å². The van der Waals surface area contributed by atoms with E-state index in [2.05, 4.69) is 23.2 Å². The van der Waals surface area contributed by atoms with Gasteiger partial charge in [-0.3, -0.25) is 4.90 Å². The quantitative estimate of drug-likeness (QED) is 0.385. The summed E-state index contributed by atoms with van der Waals surface area (Å²) < 4.78 is 29.5. The van der Waals surface area contributed by atoms with Gasteiger partial charge in [-0.1, -0.05) is 13.3 Å². The average Bonchev–Trinajstić information content (AvgIpc) is 3.21. The summed E-state index contributed by atoms with van der Waals surface area (Å²) in [6.45, 7) is 4.72. The molecule has 35 heavy (non-hydrogen) atoms. The van der Waals surface area contributed by atoms with Gasteiger partial charge in [-0.25, -0.2) is 4.79 Å². The van der Waals surface area contributed by atoms with Gasteiger partial charge in [0.05, 0.1) is 69.6 Å². The smallest absolute Gasteiger partial charge is 0.337 e. The highest BCUT2D eigenvalue weighted by Crippen LogP contribution is 2.61. The maximum atomic E-state index is 12.8. The number of piperidine rings is 2. The second-order valence-electron chi connectivity index (χ2n) is 9.67. The first-order valence-electron chi connectivity index (χ1n) is 12.2. The first-order valence-corrected chi connectivity index (χ1v) is 12.2. The largest absolute Gasteiger partial charge is 0.504 e. The molecule has 1 aromatic carbocycles. The summed E-state index contributed by atoms with van der Waals surface area (Å²) in [6.07, 6.45) is 3.85. The number of anilines is 1. The molecule has 4 heterocycles. The van der Waals surface area contributed by atoms with Crippen molar-refractivity contribution in [2.45, 2.75) is 43.6 Å². The number of benzene rings is 1. The van der Waals surface area contributed by atoms with Crippen LogP contribution >= 0.6 is 0 Å². The number of ether oxygens (including phenoxy) is 5. The van der Waals surface area contributed by atoms with Crippen LogP contribution in [0.4, 0.5) is 5.69 Å². The lowest BCUT2D eigenvalue weighted by molar-refractivity contribution is -0.297. The van der Waals surface area contributed by atoms with Crippen LogP contribution in [0.15, 0.2) is 24.0 Å². The Morgan fingerprint density at radius 1 is 1.31 bits per heavy atom. The molecule has 0 amide bonds. The Bertz CT molecular complexity index is 1080. The molecule has 0 bridgehead atoms. The van der Waals surface area contributed by atoms with Crippen molar-refractivity contribution in [3.05, 3.63) is 35.1 Å². The van der Waals surface area contributed by atoms with Crippen molar-refractivity contribution in [1.29, 1.82) is 5.26 Å². The molecule has 1 aromatic rings. The zero-order chi connectivity index (χ0) is 24.8. The van der Waals surface area contributed by atoms with Gasteiger partial charge in [-0.2, -0.15) is 5.26 Å². The Kier molecular flexibility index (Phi) is 6.16. The molecular weight excluding hydrogens is 450 g/mol. The third kappa shape index (κ3) is 3.34. The molecule has 0 aromatic heterocycles. The second kappa shape index (κ2) is 9.01. The van der Waals surface area contributed by atoms with Gasteiger partial charge in [0, 0.05) is 18.8 Å². The number of nitriles is 1. The summed E-state index contributed by atoms with van der Waals surface area (Å²) in [5.74, 6) is 0.461. The van der Waals surface area contributed by atoms with Crippen LogP contribution in [0.25, 0.3) is 0 Å². The van der Waals surface area contributed by atoms with E-state index in [9.17, 15) is 10.1 Å². The number of carbonyl (C=O) groups is 1. The van der Waals surface area contributed by atoms with Crippen molar-refractivity contribution in [1.82, 2.24) is 4.90 Å². The number of carbonyl (C=O) groups excluding carboxylic acids is 1. The van der Waals surface area contributed by atoms with Crippen LogP contribution in [0.1, 0.15) is 37.3 Å². The fourth-order valence-corrected chi connectivity index (χ4v) is 6.86. The van der Waals surface area contributed by atoms with Crippen molar-refractivity contribution >= 4 is 11.7 Å². The van der Waals surface area contributed by atoms with Crippen molar-refractivity contribution in [3.8, 4) is 11.8 Å². The molecule has 5 atom stereocenters.